The van der Waals surface area contributed by atoms with E-state index in [4.69, 9.17) is 4.74 Å². The zero-order valence-electron chi connectivity index (χ0n) is 7.96. The van der Waals surface area contributed by atoms with E-state index < -0.39 is 6.09 Å². The summed E-state index contributed by atoms with van der Waals surface area (Å²) in [4.78, 5) is 21.3. The van der Waals surface area contributed by atoms with Gasteiger partial charge in [0.15, 0.2) is 0 Å². The van der Waals surface area contributed by atoms with Crippen LogP contribution in [0.15, 0.2) is 0 Å². The van der Waals surface area contributed by atoms with Gasteiger partial charge in [-0.15, -0.1) is 0 Å². The second kappa shape index (κ2) is 7.39. The number of nitrogens with one attached hydrogen (secondary N) is 1. The highest BCUT2D eigenvalue weighted by Crippen LogP contribution is 1.91. The summed E-state index contributed by atoms with van der Waals surface area (Å²) in [5.41, 5.74) is 0. The van der Waals surface area contributed by atoms with Crippen molar-refractivity contribution in [2.45, 2.75) is 19.8 Å². The predicted octanol–water partition coefficient (Wildman–Crippen LogP) is 0.686. The first-order valence-corrected chi connectivity index (χ1v) is 4.18. The van der Waals surface area contributed by atoms with E-state index in [1.165, 1.54) is 7.11 Å². The van der Waals surface area contributed by atoms with Crippen molar-refractivity contribution < 1.29 is 19.1 Å². The monoisotopic (exact) mass is 189 g/mol. The van der Waals surface area contributed by atoms with E-state index in [0.717, 1.165) is 0 Å². The van der Waals surface area contributed by atoms with Gasteiger partial charge in [0.25, 0.3) is 0 Å². The molecule has 13 heavy (non-hydrogen) atoms. The van der Waals surface area contributed by atoms with Gasteiger partial charge in [0.05, 0.1) is 13.7 Å². The third-order valence-corrected chi connectivity index (χ3v) is 1.32. The standard InChI is InChI=1S/C8H15NO4/c1-3-13-7(10)5-4-6-9-8(11)12-2/h3-6H2,1-2H3,(H,9,11). The van der Waals surface area contributed by atoms with Crippen molar-refractivity contribution >= 4 is 12.1 Å². The molecule has 0 fully saturated rings. The number of amides is 1. The molecule has 0 atom stereocenters. The minimum absolute atomic E-state index is 0.242. The van der Waals surface area contributed by atoms with Crippen molar-refractivity contribution in [2.75, 3.05) is 20.3 Å². The van der Waals surface area contributed by atoms with Crippen LogP contribution in [0.2, 0.25) is 0 Å². The summed E-state index contributed by atoms with van der Waals surface area (Å²) < 4.78 is 9.03. The maximum atomic E-state index is 10.8. The van der Waals surface area contributed by atoms with Crippen LogP contribution in [-0.2, 0) is 14.3 Å². The summed E-state index contributed by atoms with van der Waals surface area (Å²) >= 11 is 0. The molecule has 0 aromatic carbocycles. The zero-order valence-corrected chi connectivity index (χ0v) is 7.96. The molecular formula is C8H15NO4. The molecule has 1 amide bonds. The molecule has 0 aliphatic rings. The summed E-state index contributed by atoms with van der Waals surface area (Å²) in [6, 6.07) is 0. The van der Waals surface area contributed by atoms with Crippen LogP contribution in [0.25, 0.3) is 0 Å². The van der Waals surface area contributed by atoms with Crippen molar-refractivity contribution in [3.8, 4) is 0 Å². The highest BCUT2D eigenvalue weighted by molar-refractivity contribution is 5.69. The molecule has 1 N–H and O–H groups in total. The van der Waals surface area contributed by atoms with Gasteiger partial charge in [-0.1, -0.05) is 0 Å². The third-order valence-electron chi connectivity index (χ3n) is 1.32. The van der Waals surface area contributed by atoms with Crippen molar-refractivity contribution in [1.82, 2.24) is 5.32 Å². The average molecular weight is 189 g/mol. The quantitative estimate of drug-likeness (QED) is 0.510. The van der Waals surface area contributed by atoms with Crippen LogP contribution in [0.5, 0.6) is 0 Å². The number of methoxy groups -OCH3 is 1. The van der Waals surface area contributed by atoms with Gasteiger partial charge < -0.3 is 14.8 Å². The van der Waals surface area contributed by atoms with E-state index in [2.05, 4.69) is 10.1 Å². The lowest BCUT2D eigenvalue weighted by Gasteiger charge is -2.03. The van der Waals surface area contributed by atoms with E-state index in [1.807, 2.05) is 0 Å². The third kappa shape index (κ3) is 7.11. The van der Waals surface area contributed by atoms with Crippen LogP contribution in [0.3, 0.4) is 0 Å². The van der Waals surface area contributed by atoms with Crippen LogP contribution in [0.1, 0.15) is 19.8 Å². The predicted molar refractivity (Wildman–Crippen MR) is 46.3 cm³/mol. The normalized spacial score (nSPS) is 9.08. The fourth-order valence-corrected chi connectivity index (χ4v) is 0.729. The van der Waals surface area contributed by atoms with E-state index in [0.29, 0.717) is 26.0 Å². The first kappa shape index (κ1) is 11.7. The smallest absolute Gasteiger partial charge is 0.406 e. The maximum absolute atomic E-state index is 10.8. The molecule has 0 aromatic rings. The molecule has 5 heteroatoms. The number of hydrogen-bond acceptors (Lipinski definition) is 4. The molecule has 0 spiro atoms. The van der Waals surface area contributed by atoms with Crippen LogP contribution in [0.4, 0.5) is 4.79 Å². The van der Waals surface area contributed by atoms with Gasteiger partial charge in [-0.25, -0.2) is 4.79 Å². The molecule has 0 heterocycles. The number of rotatable bonds is 5. The Labute approximate surface area is 77.4 Å². The second-order valence-corrected chi connectivity index (χ2v) is 2.33. The number of carbonyl (C=O) groups is 2. The zero-order chi connectivity index (χ0) is 10.1. The summed E-state index contributed by atoms with van der Waals surface area (Å²) in [5.74, 6) is -0.242. The number of hydrogen-bond donors (Lipinski definition) is 1. The molecule has 0 aliphatic carbocycles. The fraction of sp³-hybridized carbons (Fsp3) is 0.750. The summed E-state index contributed by atoms with van der Waals surface area (Å²) in [7, 11) is 1.29. The lowest BCUT2D eigenvalue weighted by molar-refractivity contribution is -0.143. The Morgan fingerprint density at radius 1 is 1.38 bits per heavy atom. The Morgan fingerprint density at radius 3 is 2.62 bits per heavy atom. The van der Waals surface area contributed by atoms with Crippen molar-refractivity contribution in [1.29, 1.82) is 0 Å². The summed E-state index contributed by atoms with van der Waals surface area (Å²) in [6.07, 6.45) is 0.398. The maximum Gasteiger partial charge on any atom is 0.406 e. The van der Waals surface area contributed by atoms with E-state index in [9.17, 15) is 9.59 Å². The molecule has 76 valence electrons. The molecule has 0 rings (SSSR count). The number of esters is 1. The van der Waals surface area contributed by atoms with Crippen LogP contribution < -0.4 is 5.32 Å². The second-order valence-electron chi connectivity index (χ2n) is 2.33. The largest absolute Gasteiger partial charge is 0.466 e. The van der Waals surface area contributed by atoms with Gasteiger partial charge in [-0.2, -0.15) is 0 Å². The van der Waals surface area contributed by atoms with Crippen molar-refractivity contribution in [3.63, 3.8) is 0 Å². The highest BCUT2D eigenvalue weighted by Gasteiger charge is 2.02. The van der Waals surface area contributed by atoms with Gasteiger partial charge in [-0.05, 0) is 13.3 Å². The van der Waals surface area contributed by atoms with E-state index >= 15 is 0 Å². The topological polar surface area (TPSA) is 64.6 Å². The van der Waals surface area contributed by atoms with E-state index in [-0.39, 0.29) is 5.97 Å². The Balaban J connectivity index is 3.25. The lowest BCUT2D eigenvalue weighted by Crippen LogP contribution is -2.24. The SMILES string of the molecule is CCOC(=O)CCCNC(=O)OC. The molecule has 0 unspecified atom stereocenters. The van der Waals surface area contributed by atoms with Crippen LogP contribution >= 0.6 is 0 Å². The Hall–Kier alpha value is -1.26. The molecule has 0 saturated carbocycles. The van der Waals surface area contributed by atoms with Gasteiger partial charge in [0.2, 0.25) is 0 Å². The molecule has 0 bridgehead atoms. The van der Waals surface area contributed by atoms with Crippen LogP contribution in [-0.4, -0.2) is 32.3 Å². The molecule has 0 aromatic heterocycles. The Morgan fingerprint density at radius 2 is 2.08 bits per heavy atom. The highest BCUT2D eigenvalue weighted by atomic mass is 16.5. The lowest BCUT2D eigenvalue weighted by atomic mass is 10.3. The average Bonchev–Trinajstić information content (AvgIpc) is 2.12. The fourth-order valence-electron chi connectivity index (χ4n) is 0.729. The Bertz CT molecular complexity index is 170. The minimum atomic E-state index is -0.483. The van der Waals surface area contributed by atoms with Gasteiger partial charge in [0, 0.05) is 13.0 Å². The van der Waals surface area contributed by atoms with Crippen molar-refractivity contribution in [2.24, 2.45) is 0 Å². The van der Waals surface area contributed by atoms with Crippen molar-refractivity contribution in [3.05, 3.63) is 0 Å². The molecule has 5 nitrogen and oxygen atoms in total. The molecular weight excluding hydrogens is 174 g/mol. The first-order valence-electron chi connectivity index (χ1n) is 4.18. The summed E-state index contributed by atoms with van der Waals surface area (Å²) in [6.45, 7) is 2.57. The number of alkyl carbamates (subject to hydrolysis) is 1. The molecule has 0 radical (unpaired) electrons. The van der Waals surface area contributed by atoms with Gasteiger partial charge >= 0.3 is 12.1 Å². The number of carbonyl (C=O) groups excluding carboxylic acids is 2. The summed E-state index contributed by atoms with van der Waals surface area (Å²) in [5, 5.41) is 2.46. The van der Waals surface area contributed by atoms with E-state index in [1.54, 1.807) is 6.92 Å². The number of ether oxygens (including phenoxy) is 2. The van der Waals surface area contributed by atoms with Gasteiger partial charge in [-0.3, -0.25) is 4.79 Å². The molecule has 0 aliphatic heterocycles. The first-order chi connectivity index (χ1) is 6.20. The van der Waals surface area contributed by atoms with Crippen LogP contribution in [0, 0.1) is 0 Å². The minimum Gasteiger partial charge on any atom is -0.466 e. The van der Waals surface area contributed by atoms with Gasteiger partial charge in [0.1, 0.15) is 0 Å². The molecule has 0 saturated heterocycles. The Kier molecular flexibility index (Phi) is 6.68.